The molecule has 1 aromatic carbocycles. The molecular formula is C21H29N7O2S. The Morgan fingerprint density at radius 3 is 2.71 bits per heavy atom. The molecule has 4 rings (SSSR count). The number of nitrogens with one attached hydrogen (secondary N) is 1. The van der Waals surface area contributed by atoms with E-state index in [1.807, 2.05) is 26.2 Å². The summed E-state index contributed by atoms with van der Waals surface area (Å²) in [6.07, 6.45) is 3.57. The molecule has 0 aliphatic carbocycles. The zero-order valence-corrected chi connectivity index (χ0v) is 19.2. The van der Waals surface area contributed by atoms with Crippen LogP contribution >= 0.6 is 11.8 Å². The highest BCUT2D eigenvalue weighted by Gasteiger charge is 2.22. The Balaban J connectivity index is 1.65. The number of ether oxygens (including phenoxy) is 2. The van der Waals surface area contributed by atoms with Crippen LogP contribution in [0.1, 0.15) is 26.7 Å². The van der Waals surface area contributed by atoms with E-state index in [-0.39, 0.29) is 6.79 Å². The molecule has 0 saturated heterocycles. The SMILES string of the molecule is CC(C)NCCCCn1c(Sc2cc3c(cc2N(C)C)OCO3)nc2c(N)ncnc21. The van der Waals surface area contributed by atoms with Gasteiger partial charge in [0.25, 0.3) is 0 Å². The van der Waals surface area contributed by atoms with E-state index in [9.17, 15) is 0 Å². The van der Waals surface area contributed by atoms with Crippen LogP contribution < -0.4 is 25.4 Å². The average molecular weight is 444 g/mol. The summed E-state index contributed by atoms with van der Waals surface area (Å²) in [7, 11) is 4.02. The number of unbranched alkanes of at least 4 members (excludes halogenated alkanes) is 1. The number of nitrogens with two attached hydrogens (primary N) is 1. The molecule has 0 spiro atoms. The van der Waals surface area contributed by atoms with E-state index in [1.54, 1.807) is 11.8 Å². The van der Waals surface area contributed by atoms with Crippen molar-refractivity contribution in [2.24, 2.45) is 0 Å². The van der Waals surface area contributed by atoms with Crippen molar-refractivity contribution in [3.8, 4) is 11.5 Å². The maximum absolute atomic E-state index is 6.10. The van der Waals surface area contributed by atoms with E-state index in [0.29, 0.717) is 17.4 Å². The molecule has 3 aromatic rings. The second-order valence-corrected chi connectivity index (χ2v) is 8.97. The largest absolute Gasteiger partial charge is 0.454 e. The Morgan fingerprint density at radius 1 is 1.19 bits per heavy atom. The van der Waals surface area contributed by atoms with Crippen molar-refractivity contribution in [3.05, 3.63) is 18.5 Å². The van der Waals surface area contributed by atoms with E-state index in [1.165, 1.54) is 6.33 Å². The summed E-state index contributed by atoms with van der Waals surface area (Å²) in [5, 5.41) is 4.30. The molecule has 3 N–H and O–H groups in total. The highest BCUT2D eigenvalue weighted by Crippen LogP contribution is 2.44. The van der Waals surface area contributed by atoms with Crippen molar-refractivity contribution in [2.45, 2.75) is 49.3 Å². The molecular weight excluding hydrogens is 414 g/mol. The molecule has 0 bridgehead atoms. The number of rotatable bonds is 9. The van der Waals surface area contributed by atoms with Gasteiger partial charge in [-0.25, -0.2) is 15.0 Å². The van der Waals surface area contributed by atoms with Crippen molar-refractivity contribution in [1.82, 2.24) is 24.8 Å². The van der Waals surface area contributed by atoms with Gasteiger partial charge in [0.2, 0.25) is 6.79 Å². The van der Waals surface area contributed by atoms with Crippen LogP contribution in [0.3, 0.4) is 0 Å². The third kappa shape index (κ3) is 4.64. The van der Waals surface area contributed by atoms with Gasteiger partial charge in [-0.2, -0.15) is 0 Å². The van der Waals surface area contributed by atoms with Gasteiger partial charge < -0.3 is 30.0 Å². The number of nitrogen functional groups attached to an aromatic ring is 1. The second kappa shape index (κ2) is 9.19. The van der Waals surface area contributed by atoms with Crippen molar-refractivity contribution >= 4 is 34.4 Å². The summed E-state index contributed by atoms with van der Waals surface area (Å²) in [6.45, 7) is 6.34. The van der Waals surface area contributed by atoms with Gasteiger partial charge in [0.15, 0.2) is 33.6 Å². The molecule has 31 heavy (non-hydrogen) atoms. The van der Waals surface area contributed by atoms with Gasteiger partial charge in [0.1, 0.15) is 6.33 Å². The minimum Gasteiger partial charge on any atom is -0.454 e. The highest BCUT2D eigenvalue weighted by molar-refractivity contribution is 7.99. The number of hydrogen-bond donors (Lipinski definition) is 2. The summed E-state index contributed by atoms with van der Waals surface area (Å²) in [6, 6.07) is 4.50. The van der Waals surface area contributed by atoms with Crippen LogP contribution in [0.2, 0.25) is 0 Å². The summed E-state index contributed by atoms with van der Waals surface area (Å²) < 4.78 is 13.3. The Labute approximate surface area is 186 Å². The molecule has 1 aliphatic heterocycles. The van der Waals surface area contributed by atoms with Gasteiger partial charge in [-0.05, 0) is 31.1 Å². The predicted molar refractivity (Wildman–Crippen MR) is 123 cm³/mol. The fourth-order valence-corrected chi connectivity index (χ4v) is 4.57. The first kappa shape index (κ1) is 21.5. The van der Waals surface area contributed by atoms with Crippen LogP contribution in [0.15, 0.2) is 28.5 Å². The summed E-state index contributed by atoms with van der Waals surface area (Å²) >= 11 is 1.57. The molecule has 0 fully saturated rings. The zero-order chi connectivity index (χ0) is 22.0. The fourth-order valence-electron chi connectivity index (χ4n) is 3.44. The van der Waals surface area contributed by atoms with Gasteiger partial charge in [0.05, 0.1) is 5.69 Å². The lowest BCUT2D eigenvalue weighted by Gasteiger charge is -2.18. The maximum atomic E-state index is 6.10. The van der Waals surface area contributed by atoms with E-state index >= 15 is 0 Å². The molecule has 166 valence electrons. The molecule has 9 nitrogen and oxygen atoms in total. The number of benzene rings is 1. The van der Waals surface area contributed by atoms with E-state index in [0.717, 1.165) is 58.8 Å². The quantitative estimate of drug-likeness (QED) is 0.483. The monoisotopic (exact) mass is 443 g/mol. The van der Waals surface area contributed by atoms with Crippen LogP contribution in [-0.2, 0) is 6.54 Å². The first-order valence-electron chi connectivity index (χ1n) is 10.4. The summed E-state index contributed by atoms with van der Waals surface area (Å²) in [5.74, 6) is 1.90. The molecule has 0 amide bonds. The Hall–Kier alpha value is -2.72. The molecule has 0 unspecified atom stereocenters. The third-order valence-electron chi connectivity index (χ3n) is 5.02. The number of fused-ring (bicyclic) bond motifs is 2. The molecule has 0 radical (unpaired) electrons. The van der Waals surface area contributed by atoms with Crippen LogP contribution in [-0.4, -0.2) is 53.0 Å². The van der Waals surface area contributed by atoms with Crippen molar-refractivity contribution in [1.29, 1.82) is 0 Å². The molecule has 0 atom stereocenters. The number of aryl methyl sites for hydroxylation is 1. The standard InChI is InChI=1S/C21H29N7O2S/c1-13(2)23-7-5-6-8-28-20-18(19(22)24-11-25-20)26-21(28)31-17-10-16-15(29-12-30-16)9-14(17)27(3)4/h9-11,13,23H,5-8,12H2,1-4H3,(H2,22,24,25). The summed E-state index contributed by atoms with van der Waals surface area (Å²) in [5.41, 5.74) is 8.54. The van der Waals surface area contributed by atoms with Crippen LogP contribution in [0.25, 0.3) is 11.2 Å². The van der Waals surface area contributed by atoms with Gasteiger partial charge in [0, 0.05) is 43.7 Å². The Bertz CT molecular complexity index is 1070. The molecule has 2 aromatic heterocycles. The lowest BCUT2D eigenvalue weighted by molar-refractivity contribution is 0.174. The first-order chi connectivity index (χ1) is 14.9. The number of hydrogen-bond acceptors (Lipinski definition) is 9. The van der Waals surface area contributed by atoms with Gasteiger partial charge in [-0.15, -0.1) is 0 Å². The smallest absolute Gasteiger partial charge is 0.231 e. The second-order valence-electron chi connectivity index (χ2n) is 7.96. The molecule has 0 saturated carbocycles. The number of aromatic nitrogens is 4. The van der Waals surface area contributed by atoms with Crippen molar-refractivity contribution in [3.63, 3.8) is 0 Å². The van der Waals surface area contributed by atoms with E-state index < -0.39 is 0 Å². The van der Waals surface area contributed by atoms with Gasteiger partial charge in [-0.3, -0.25) is 0 Å². The van der Waals surface area contributed by atoms with Crippen LogP contribution in [0.5, 0.6) is 11.5 Å². The predicted octanol–water partition coefficient (Wildman–Crippen LogP) is 3.13. The zero-order valence-electron chi connectivity index (χ0n) is 18.4. The number of anilines is 2. The lowest BCUT2D eigenvalue weighted by atomic mass is 10.2. The molecule has 3 heterocycles. The average Bonchev–Trinajstić information content (AvgIpc) is 3.32. The highest BCUT2D eigenvalue weighted by atomic mass is 32.2. The lowest BCUT2D eigenvalue weighted by Crippen LogP contribution is -2.23. The fraction of sp³-hybridized carbons (Fsp3) is 0.476. The minimum absolute atomic E-state index is 0.241. The Kier molecular flexibility index (Phi) is 6.38. The van der Waals surface area contributed by atoms with Crippen molar-refractivity contribution < 1.29 is 9.47 Å². The maximum Gasteiger partial charge on any atom is 0.231 e. The third-order valence-corrected chi connectivity index (χ3v) is 6.06. The molecule has 10 heteroatoms. The van der Waals surface area contributed by atoms with Gasteiger partial charge in [-0.1, -0.05) is 13.8 Å². The minimum atomic E-state index is 0.241. The number of imidazole rings is 1. The van der Waals surface area contributed by atoms with E-state index in [2.05, 4.69) is 38.6 Å². The normalized spacial score (nSPS) is 12.8. The summed E-state index contributed by atoms with van der Waals surface area (Å²) in [4.78, 5) is 16.5. The topological polar surface area (TPSA) is 103 Å². The van der Waals surface area contributed by atoms with Crippen molar-refractivity contribution in [2.75, 3.05) is 38.1 Å². The molecule has 1 aliphatic rings. The van der Waals surface area contributed by atoms with Crippen LogP contribution in [0.4, 0.5) is 11.5 Å². The van der Waals surface area contributed by atoms with E-state index in [4.69, 9.17) is 20.2 Å². The Morgan fingerprint density at radius 2 is 1.97 bits per heavy atom. The number of nitrogens with zero attached hydrogens (tertiary/aromatic N) is 5. The van der Waals surface area contributed by atoms with Gasteiger partial charge >= 0.3 is 0 Å². The van der Waals surface area contributed by atoms with Crippen LogP contribution in [0, 0.1) is 0 Å². The first-order valence-corrected chi connectivity index (χ1v) is 11.2.